The molecule has 0 spiro atoms. The van der Waals surface area contributed by atoms with Gasteiger partial charge in [0, 0.05) is 0 Å². The third-order valence-electron chi connectivity index (χ3n) is 0.213. The summed E-state index contributed by atoms with van der Waals surface area (Å²) in [6.07, 6.45) is 0. The first-order valence-corrected chi connectivity index (χ1v) is 4.59. The molecular formula is H5ClO7P2. The van der Waals surface area contributed by atoms with Crippen LogP contribution in [0.2, 0.25) is 0 Å². The first-order valence-electron chi connectivity index (χ1n) is 1.53. The van der Waals surface area contributed by atoms with Crippen LogP contribution in [-0.2, 0) is 13.4 Å². The van der Waals surface area contributed by atoms with E-state index in [9.17, 15) is 9.13 Å². The van der Waals surface area contributed by atoms with Crippen molar-refractivity contribution in [1.29, 1.82) is 0 Å². The van der Waals surface area contributed by atoms with E-state index in [2.05, 4.69) is 4.31 Å². The Labute approximate surface area is 61.9 Å². The lowest BCUT2D eigenvalue weighted by Gasteiger charge is -2.03. The summed E-state index contributed by atoms with van der Waals surface area (Å²) in [6, 6.07) is 0. The fourth-order valence-electron chi connectivity index (χ4n) is 0.139. The summed E-state index contributed by atoms with van der Waals surface area (Å²) >= 11 is 0. The van der Waals surface area contributed by atoms with Crippen LogP contribution in [0.3, 0.4) is 0 Å². The molecule has 0 unspecified atom stereocenters. The van der Waals surface area contributed by atoms with Crippen LogP contribution in [0.15, 0.2) is 0 Å². The zero-order valence-corrected chi connectivity index (χ0v) is 6.92. The molecule has 0 aromatic carbocycles. The lowest BCUT2D eigenvalue weighted by molar-refractivity contribution is 0.225. The molecule has 0 heterocycles. The number of halogens is 1. The molecule has 0 aliphatic rings. The molecule has 0 saturated carbocycles. The maximum absolute atomic E-state index is 9.63. The predicted octanol–water partition coefficient (Wildman–Crippen LogP) is -0.390. The Balaban J connectivity index is 0. The minimum atomic E-state index is -5.05. The van der Waals surface area contributed by atoms with Crippen molar-refractivity contribution in [2.24, 2.45) is 0 Å². The van der Waals surface area contributed by atoms with E-state index < -0.39 is 15.6 Å². The first kappa shape index (κ1) is 13.2. The molecule has 0 atom stereocenters. The lowest BCUT2D eigenvalue weighted by atomic mass is 15.7. The molecule has 0 bridgehead atoms. The van der Waals surface area contributed by atoms with E-state index in [1.165, 1.54) is 0 Å². The van der Waals surface area contributed by atoms with Gasteiger partial charge in [-0.25, -0.2) is 9.13 Å². The Hall–Kier alpha value is 0.550. The molecular weight excluding hydrogens is 209 g/mol. The normalized spacial score (nSPS) is 12.4. The number of hydrogen-bond acceptors (Lipinski definition) is 3. The SMILES string of the molecule is Cl.O=P(O)(O)OP(=O)(O)O. The van der Waals surface area contributed by atoms with Gasteiger partial charge in [-0.1, -0.05) is 0 Å². The van der Waals surface area contributed by atoms with Crippen molar-refractivity contribution < 1.29 is 33.0 Å². The Morgan fingerprint density at radius 2 is 1.10 bits per heavy atom. The van der Waals surface area contributed by atoms with E-state index in [4.69, 9.17) is 19.6 Å². The van der Waals surface area contributed by atoms with E-state index in [1.54, 1.807) is 0 Å². The summed E-state index contributed by atoms with van der Waals surface area (Å²) in [5.41, 5.74) is 0. The Kier molecular flexibility index (Phi) is 5.00. The zero-order valence-electron chi connectivity index (χ0n) is 4.32. The molecule has 0 rings (SSSR count). The summed E-state index contributed by atoms with van der Waals surface area (Å²) < 4.78 is 22.2. The van der Waals surface area contributed by atoms with Crippen molar-refractivity contribution in [3.05, 3.63) is 0 Å². The van der Waals surface area contributed by atoms with Crippen LogP contribution >= 0.6 is 28.1 Å². The van der Waals surface area contributed by atoms with E-state index in [0.717, 1.165) is 0 Å². The van der Waals surface area contributed by atoms with Crippen molar-refractivity contribution in [1.82, 2.24) is 0 Å². The Morgan fingerprint density at radius 1 is 0.900 bits per heavy atom. The van der Waals surface area contributed by atoms with Gasteiger partial charge < -0.3 is 19.6 Å². The molecule has 0 amide bonds. The standard InChI is InChI=1S/ClH.H4O7P2/c;1-8(2,3)7-9(4,5)6/h1H;(H2,1,2,3)(H2,4,5,6). The highest BCUT2D eigenvalue weighted by Crippen LogP contribution is 2.53. The quantitative estimate of drug-likeness (QED) is 0.461. The molecule has 0 aromatic rings. The summed E-state index contributed by atoms with van der Waals surface area (Å²) in [7, 11) is -10.1. The van der Waals surface area contributed by atoms with Gasteiger partial charge in [0.05, 0.1) is 0 Å². The van der Waals surface area contributed by atoms with Gasteiger partial charge in [0.25, 0.3) is 0 Å². The number of phosphoric acid groups is 2. The van der Waals surface area contributed by atoms with Gasteiger partial charge in [0.1, 0.15) is 0 Å². The smallest absolute Gasteiger partial charge is 0.302 e. The fraction of sp³-hybridized carbons (Fsp3) is 0. The topological polar surface area (TPSA) is 124 Å². The minimum Gasteiger partial charge on any atom is -0.302 e. The maximum atomic E-state index is 9.63. The summed E-state index contributed by atoms with van der Waals surface area (Å²) in [4.78, 5) is 31.0. The summed E-state index contributed by atoms with van der Waals surface area (Å²) in [5, 5.41) is 0. The molecule has 4 N–H and O–H groups in total. The van der Waals surface area contributed by atoms with Gasteiger partial charge in [0.15, 0.2) is 0 Å². The van der Waals surface area contributed by atoms with Gasteiger partial charge in [-0.2, -0.15) is 4.31 Å². The zero-order chi connectivity index (χ0) is 7.71. The second-order valence-electron chi connectivity index (χ2n) is 1.06. The van der Waals surface area contributed by atoms with Crippen LogP contribution in [0.1, 0.15) is 0 Å². The molecule has 10 heavy (non-hydrogen) atoms. The van der Waals surface area contributed by atoms with Crippen molar-refractivity contribution in [2.45, 2.75) is 0 Å². The Bertz CT molecular complexity index is 152. The molecule has 0 fully saturated rings. The molecule has 10 heteroatoms. The van der Waals surface area contributed by atoms with Gasteiger partial charge >= 0.3 is 15.6 Å². The first-order chi connectivity index (χ1) is 3.71. The monoisotopic (exact) mass is 214 g/mol. The van der Waals surface area contributed by atoms with Gasteiger partial charge in [-0.05, 0) is 0 Å². The molecule has 0 aliphatic heterocycles. The fourth-order valence-corrected chi connectivity index (χ4v) is 1.25. The third kappa shape index (κ3) is 11.4. The van der Waals surface area contributed by atoms with Gasteiger partial charge in [-0.15, -0.1) is 12.4 Å². The van der Waals surface area contributed by atoms with Crippen molar-refractivity contribution in [3.63, 3.8) is 0 Å². The van der Waals surface area contributed by atoms with E-state index in [0.29, 0.717) is 0 Å². The Morgan fingerprint density at radius 3 is 1.10 bits per heavy atom. The van der Waals surface area contributed by atoms with Crippen LogP contribution in [0, 0.1) is 0 Å². The van der Waals surface area contributed by atoms with Crippen LogP contribution in [0.4, 0.5) is 0 Å². The van der Waals surface area contributed by atoms with Crippen LogP contribution in [0.25, 0.3) is 0 Å². The largest absolute Gasteiger partial charge is 0.478 e. The molecule has 0 aliphatic carbocycles. The summed E-state index contributed by atoms with van der Waals surface area (Å²) in [6.45, 7) is 0. The van der Waals surface area contributed by atoms with Gasteiger partial charge in [-0.3, -0.25) is 0 Å². The lowest BCUT2D eigenvalue weighted by Crippen LogP contribution is -1.84. The highest BCUT2D eigenvalue weighted by atomic mass is 35.5. The summed E-state index contributed by atoms with van der Waals surface area (Å²) in [5.74, 6) is 0. The minimum absolute atomic E-state index is 0. The highest BCUT2D eigenvalue weighted by molar-refractivity contribution is 7.60. The highest BCUT2D eigenvalue weighted by Gasteiger charge is 2.27. The number of hydrogen-bond donors (Lipinski definition) is 4. The second-order valence-corrected chi connectivity index (χ2v) is 3.68. The van der Waals surface area contributed by atoms with Crippen LogP contribution in [0.5, 0.6) is 0 Å². The van der Waals surface area contributed by atoms with Crippen molar-refractivity contribution >= 4 is 28.1 Å². The third-order valence-corrected chi connectivity index (χ3v) is 1.91. The van der Waals surface area contributed by atoms with E-state index >= 15 is 0 Å². The molecule has 7 nitrogen and oxygen atoms in total. The molecule has 0 saturated heterocycles. The van der Waals surface area contributed by atoms with Gasteiger partial charge in [0.2, 0.25) is 0 Å². The second kappa shape index (κ2) is 3.80. The maximum Gasteiger partial charge on any atom is 0.478 e. The predicted molar refractivity (Wildman–Crippen MR) is 32.4 cm³/mol. The average Bonchev–Trinajstić information content (AvgIpc) is 1.14. The molecule has 0 radical (unpaired) electrons. The molecule has 64 valence electrons. The van der Waals surface area contributed by atoms with Crippen LogP contribution < -0.4 is 0 Å². The number of rotatable bonds is 2. The van der Waals surface area contributed by atoms with E-state index in [-0.39, 0.29) is 12.4 Å². The van der Waals surface area contributed by atoms with Crippen LogP contribution in [-0.4, -0.2) is 19.6 Å². The van der Waals surface area contributed by atoms with Crippen molar-refractivity contribution in [2.75, 3.05) is 0 Å². The molecule has 0 aromatic heterocycles. The van der Waals surface area contributed by atoms with E-state index in [1.807, 2.05) is 0 Å². The average molecular weight is 214 g/mol. The van der Waals surface area contributed by atoms with Crippen molar-refractivity contribution in [3.8, 4) is 0 Å².